The summed E-state index contributed by atoms with van der Waals surface area (Å²) in [6.07, 6.45) is 0.511. The van der Waals surface area contributed by atoms with E-state index in [1.165, 1.54) is 11.8 Å². The molecule has 0 saturated carbocycles. The lowest BCUT2D eigenvalue weighted by molar-refractivity contribution is -0.133. The minimum absolute atomic E-state index is 0.0181. The monoisotopic (exact) mass is 294 g/mol. The van der Waals surface area contributed by atoms with E-state index in [9.17, 15) is 4.79 Å². The summed E-state index contributed by atoms with van der Waals surface area (Å²) in [5.41, 5.74) is 0.973. The first-order valence-electron chi connectivity index (χ1n) is 5.92. The number of carbonyl (C=O) groups is 1. The van der Waals surface area contributed by atoms with Gasteiger partial charge in [0.15, 0.2) is 5.82 Å². The Hall–Kier alpha value is -2.02. The second kappa shape index (κ2) is 6.95. The van der Waals surface area contributed by atoms with Crippen molar-refractivity contribution < 1.29 is 19.2 Å². The van der Waals surface area contributed by atoms with Gasteiger partial charge in [0.05, 0.1) is 18.6 Å². The molecule has 0 fully saturated rings. The molecule has 7 heteroatoms. The molecule has 1 aromatic carbocycles. The highest BCUT2D eigenvalue weighted by atomic mass is 32.2. The normalized spacial score (nSPS) is 10.4. The molecule has 0 atom stereocenters. The van der Waals surface area contributed by atoms with Crippen LogP contribution in [0.3, 0.4) is 0 Å². The second-order valence-corrected chi connectivity index (χ2v) is 4.97. The molecule has 0 saturated heterocycles. The van der Waals surface area contributed by atoms with Crippen LogP contribution in [0, 0.1) is 0 Å². The molecule has 1 heterocycles. The van der Waals surface area contributed by atoms with Gasteiger partial charge in [-0.3, -0.25) is 4.79 Å². The smallest absolute Gasteiger partial charge is 0.313 e. The molecule has 2 rings (SSSR count). The maximum Gasteiger partial charge on any atom is 0.313 e. The van der Waals surface area contributed by atoms with Gasteiger partial charge in [0.2, 0.25) is 5.89 Å². The zero-order chi connectivity index (χ0) is 14.4. The number of hydrogen-bond acceptors (Lipinski definition) is 6. The zero-order valence-electron chi connectivity index (χ0n) is 10.9. The summed E-state index contributed by atoms with van der Waals surface area (Å²) in [5.74, 6) is 1.32. The Labute approximate surface area is 120 Å². The molecule has 0 spiro atoms. The summed E-state index contributed by atoms with van der Waals surface area (Å²) < 4.78 is 10.3. The molecule has 0 aliphatic rings. The highest BCUT2D eigenvalue weighted by molar-refractivity contribution is 7.99. The number of benzene rings is 1. The molecule has 0 radical (unpaired) electrons. The number of para-hydroxylation sites is 1. The number of carboxylic acid groups (broad SMARTS) is 1. The fourth-order valence-corrected chi connectivity index (χ4v) is 2.23. The molecule has 106 valence electrons. The Morgan fingerprint density at radius 3 is 3.00 bits per heavy atom. The van der Waals surface area contributed by atoms with E-state index in [1.54, 1.807) is 7.11 Å². The van der Waals surface area contributed by atoms with E-state index >= 15 is 0 Å². The number of rotatable bonds is 7. The van der Waals surface area contributed by atoms with Gasteiger partial charge in [-0.15, -0.1) is 11.8 Å². The Balaban J connectivity index is 1.97. The molecule has 0 amide bonds. The number of aromatic nitrogens is 2. The van der Waals surface area contributed by atoms with Crippen molar-refractivity contribution in [2.45, 2.75) is 12.2 Å². The van der Waals surface area contributed by atoms with Crippen LogP contribution in [0.15, 0.2) is 28.8 Å². The molecule has 0 unspecified atom stereocenters. The quantitative estimate of drug-likeness (QED) is 0.835. The summed E-state index contributed by atoms with van der Waals surface area (Å²) in [6.45, 7) is 0. The van der Waals surface area contributed by atoms with Crippen molar-refractivity contribution >= 4 is 17.7 Å². The Bertz CT molecular complexity index is 585. The predicted molar refractivity (Wildman–Crippen MR) is 73.9 cm³/mol. The van der Waals surface area contributed by atoms with Gasteiger partial charge in [-0.05, 0) is 6.07 Å². The Kier molecular flexibility index (Phi) is 5.00. The van der Waals surface area contributed by atoms with Crippen LogP contribution in [0.25, 0.3) is 0 Å². The van der Waals surface area contributed by atoms with E-state index in [-0.39, 0.29) is 5.75 Å². The van der Waals surface area contributed by atoms with Crippen LogP contribution in [0.1, 0.15) is 17.3 Å². The van der Waals surface area contributed by atoms with Crippen LogP contribution in [0.2, 0.25) is 0 Å². The van der Waals surface area contributed by atoms with Crippen molar-refractivity contribution in [2.24, 2.45) is 0 Å². The fourth-order valence-electron chi connectivity index (χ4n) is 1.67. The first-order chi connectivity index (χ1) is 9.69. The molecule has 0 aliphatic carbocycles. The van der Waals surface area contributed by atoms with E-state index in [0.29, 0.717) is 23.9 Å². The van der Waals surface area contributed by atoms with Crippen LogP contribution in [0.4, 0.5) is 0 Å². The van der Waals surface area contributed by atoms with E-state index in [0.717, 1.165) is 11.3 Å². The van der Waals surface area contributed by atoms with Gasteiger partial charge in [0.1, 0.15) is 5.75 Å². The minimum Gasteiger partial charge on any atom is -0.496 e. The molecule has 0 bridgehead atoms. The van der Waals surface area contributed by atoms with Crippen LogP contribution in [-0.4, -0.2) is 34.1 Å². The van der Waals surface area contributed by atoms with Crippen molar-refractivity contribution in [3.05, 3.63) is 41.5 Å². The van der Waals surface area contributed by atoms with Crippen LogP contribution in [-0.2, 0) is 17.0 Å². The van der Waals surface area contributed by atoms with Gasteiger partial charge in [0, 0.05) is 12.0 Å². The third kappa shape index (κ3) is 3.99. The lowest BCUT2D eigenvalue weighted by Gasteiger charge is -2.04. The third-order valence-corrected chi connectivity index (χ3v) is 3.40. The molecular weight excluding hydrogens is 280 g/mol. The van der Waals surface area contributed by atoms with Crippen LogP contribution < -0.4 is 4.74 Å². The molecule has 0 aliphatic heterocycles. The number of methoxy groups -OCH3 is 1. The highest BCUT2D eigenvalue weighted by Crippen LogP contribution is 2.20. The number of carboxylic acids is 1. The molecular formula is C13H14N2O4S. The minimum atomic E-state index is -0.858. The van der Waals surface area contributed by atoms with E-state index in [4.69, 9.17) is 14.4 Å². The predicted octanol–water partition coefficient (Wildman–Crippen LogP) is 1.99. The average molecular weight is 294 g/mol. The maximum absolute atomic E-state index is 10.4. The van der Waals surface area contributed by atoms with Crippen molar-refractivity contribution in [3.8, 4) is 5.75 Å². The van der Waals surface area contributed by atoms with Gasteiger partial charge in [-0.25, -0.2) is 0 Å². The van der Waals surface area contributed by atoms with Gasteiger partial charge in [-0.2, -0.15) is 4.98 Å². The zero-order valence-corrected chi connectivity index (χ0v) is 11.7. The summed E-state index contributed by atoms with van der Waals surface area (Å²) in [6, 6.07) is 7.63. The molecule has 6 nitrogen and oxygen atoms in total. The van der Waals surface area contributed by atoms with E-state index in [2.05, 4.69) is 10.1 Å². The number of hydrogen-bond donors (Lipinski definition) is 1. The maximum atomic E-state index is 10.4. The molecule has 1 aromatic heterocycles. The number of thioether (sulfide) groups is 1. The van der Waals surface area contributed by atoms with Gasteiger partial charge in [-0.1, -0.05) is 23.4 Å². The Morgan fingerprint density at radius 1 is 1.45 bits per heavy atom. The van der Waals surface area contributed by atoms with Crippen molar-refractivity contribution in [2.75, 3.05) is 12.9 Å². The van der Waals surface area contributed by atoms with Crippen molar-refractivity contribution in [1.29, 1.82) is 0 Å². The highest BCUT2D eigenvalue weighted by Gasteiger charge is 2.10. The third-order valence-electron chi connectivity index (χ3n) is 2.50. The first kappa shape index (κ1) is 14.4. The van der Waals surface area contributed by atoms with E-state index in [1.807, 2.05) is 24.3 Å². The SMILES string of the molecule is COc1ccccc1Cc1noc(CSCC(=O)O)n1. The summed E-state index contributed by atoms with van der Waals surface area (Å²) >= 11 is 1.22. The van der Waals surface area contributed by atoms with E-state index < -0.39 is 5.97 Å². The number of nitrogens with zero attached hydrogens (tertiary/aromatic N) is 2. The van der Waals surface area contributed by atoms with Crippen LogP contribution >= 0.6 is 11.8 Å². The van der Waals surface area contributed by atoms with Gasteiger partial charge in [0.25, 0.3) is 0 Å². The fraction of sp³-hybridized carbons (Fsp3) is 0.308. The summed E-state index contributed by atoms with van der Waals surface area (Å²) in [4.78, 5) is 14.6. The van der Waals surface area contributed by atoms with Crippen molar-refractivity contribution in [3.63, 3.8) is 0 Å². The lowest BCUT2D eigenvalue weighted by Crippen LogP contribution is -1.98. The van der Waals surface area contributed by atoms with Crippen molar-refractivity contribution in [1.82, 2.24) is 10.1 Å². The van der Waals surface area contributed by atoms with Gasteiger partial charge >= 0.3 is 5.97 Å². The molecule has 1 N–H and O–H groups in total. The largest absolute Gasteiger partial charge is 0.496 e. The molecule has 20 heavy (non-hydrogen) atoms. The first-order valence-corrected chi connectivity index (χ1v) is 7.07. The number of aliphatic carboxylic acids is 1. The Morgan fingerprint density at radius 2 is 2.25 bits per heavy atom. The topological polar surface area (TPSA) is 85.5 Å². The van der Waals surface area contributed by atoms with Gasteiger partial charge < -0.3 is 14.4 Å². The van der Waals surface area contributed by atoms with Crippen LogP contribution in [0.5, 0.6) is 5.75 Å². The lowest BCUT2D eigenvalue weighted by atomic mass is 10.1. The molecule has 2 aromatic rings. The average Bonchev–Trinajstić information content (AvgIpc) is 2.86. The summed E-state index contributed by atoms with van der Waals surface area (Å²) in [5, 5.41) is 12.4. The second-order valence-electron chi connectivity index (χ2n) is 3.98. The standard InChI is InChI=1S/C13H14N2O4S/c1-18-10-5-3-2-4-9(10)6-11-14-12(19-15-11)7-20-8-13(16)17/h2-5H,6-8H2,1H3,(H,16,17). The summed E-state index contributed by atoms with van der Waals surface area (Å²) in [7, 11) is 1.61. The number of ether oxygens (including phenoxy) is 1.